The van der Waals surface area contributed by atoms with Gasteiger partial charge in [-0.05, 0) is 35.9 Å². The molecule has 1 heterocycles. The molecule has 0 aliphatic carbocycles. The fraction of sp³-hybridized carbons (Fsp3) is 0.200. The molecule has 7 heteroatoms. The van der Waals surface area contributed by atoms with Crippen LogP contribution in [0.3, 0.4) is 0 Å². The molecule has 3 rings (SSSR count). The van der Waals surface area contributed by atoms with Gasteiger partial charge in [-0.15, -0.1) is 0 Å². The molecule has 6 nitrogen and oxygen atoms in total. The summed E-state index contributed by atoms with van der Waals surface area (Å²) in [5.74, 6) is 0.551. The van der Waals surface area contributed by atoms with Gasteiger partial charge in [0, 0.05) is 24.4 Å². The first-order valence-corrected chi connectivity index (χ1v) is 8.29. The minimum atomic E-state index is -0.511. The number of methoxy groups -OCH3 is 2. The Kier molecular flexibility index (Phi) is 5.40. The van der Waals surface area contributed by atoms with Crippen molar-refractivity contribution < 1.29 is 23.5 Å². The quantitative estimate of drug-likeness (QED) is 0.886. The van der Waals surface area contributed by atoms with Gasteiger partial charge in [0.2, 0.25) is 0 Å². The molecule has 27 heavy (non-hydrogen) atoms. The van der Waals surface area contributed by atoms with Gasteiger partial charge in [-0.2, -0.15) is 0 Å². The van der Waals surface area contributed by atoms with Crippen molar-refractivity contribution in [1.29, 1.82) is 0 Å². The summed E-state index contributed by atoms with van der Waals surface area (Å²) in [4.78, 5) is 26.1. The maximum Gasteiger partial charge on any atom is 0.326 e. The van der Waals surface area contributed by atoms with Crippen LogP contribution in [0.2, 0.25) is 0 Å². The maximum absolute atomic E-state index is 13.2. The molecular weight excluding hydrogens is 351 g/mol. The Morgan fingerprint density at radius 1 is 1.11 bits per heavy atom. The van der Waals surface area contributed by atoms with E-state index in [2.05, 4.69) is 5.32 Å². The van der Waals surface area contributed by atoms with E-state index >= 15 is 0 Å². The number of nitrogens with one attached hydrogen (secondary N) is 1. The van der Waals surface area contributed by atoms with Crippen molar-refractivity contribution in [2.24, 2.45) is 0 Å². The number of anilines is 1. The van der Waals surface area contributed by atoms with E-state index in [0.717, 1.165) is 0 Å². The highest BCUT2D eigenvalue weighted by molar-refractivity contribution is 5.96. The van der Waals surface area contributed by atoms with Crippen molar-refractivity contribution in [3.63, 3.8) is 0 Å². The number of ketones is 1. The topological polar surface area (TPSA) is 67.9 Å². The van der Waals surface area contributed by atoms with E-state index in [9.17, 15) is 14.0 Å². The average Bonchev–Trinajstić information content (AvgIpc) is 2.68. The van der Waals surface area contributed by atoms with Crippen LogP contribution in [0.4, 0.5) is 14.9 Å². The smallest absolute Gasteiger partial charge is 0.326 e. The molecule has 0 bridgehead atoms. The number of carbonyl (C=O) groups excluding carboxylic acids is 2. The molecule has 1 atom stereocenters. The van der Waals surface area contributed by atoms with Crippen LogP contribution in [-0.4, -0.2) is 30.9 Å². The Morgan fingerprint density at radius 3 is 2.48 bits per heavy atom. The zero-order chi connectivity index (χ0) is 19.4. The van der Waals surface area contributed by atoms with Gasteiger partial charge < -0.3 is 14.8 Å². The van der Waals surface area contributed by atoms with Gasteiger partial charge >= 0.3 is 6.03 Å². The lowest BCUT2D eigenvalue weighted by atomic mass is 9.97. The fourth-order valence-corrected chi connectivity index (χ4v) is 2.90. The number of carbonyl (C=O) groups is 2. The predicted octanol–water partition coefficient (Wildman–Crippen LogP) is 3.90. The number of urea groups is 1. The molecule has 0 fully saturated rings. The number of hydrogen-bond acceptors (Lipinski definition) is 4. The van der Waals surface area contributed by atoms with Crippen molar-refractivity contribution in [3.05, 3.63) is 66.1 Å². The molecule has 0 unspecified atom stereocenters. The summed E-state index contributed by atoms with van der Waals surface area (Å²) in [6.07, 6.45) is 2.92. The van der Waals surface area contributed by atoms with Crippen molar-refractivity contribution in [1.82, 2.24) is 4.90 Å². The molecule has 1 N–H and O–H groups in total. The lowest BCUT2D eigenvalue weighted by Gasteiger charge is -2.31. The third-order valence-electron chi connectivity index (χ3n) is 4.28. The molecule has 0 saturated heterocycles. The average molecular weight is 370 g/mol. The number of benzene rings is 2. The van der Waals surface area contributed by atoms with Gasteiger partial charge in [0.25, 0.3) is 0 Å². The zero-order valence-corrected chi connectivity index (χ0v) is 14.9. The standard InChI is InChI=1S/C20H19FN2O4/c1-26-18-8-7-15(11-19(18)27-2)22-20(25)23-10-9-16(24)12-17(23)13-3-5-14(21)6-4-13/h3-11,17H,12H2,1-2H3,(H,22,25)/t17-/m0/s1. The normalized spacial score (nSPS) is 16.2. The molecular formula is C20H19FN2O4. The Bertz CT molecular complexity index is 880. The SMILES string of the molecule is COc1ccc(NC(=O)N2C=CC(=O)C[C@H]2c2ccc(F)cc2)cc1OC. The minimum absolute atomic E-state index is 0.0977. The Labute approximate surface area is 156 Å². The van der Waals surface area contributed by atoms with Crippen molar-refractivity contribution >= 4 is 17.5 Å². The van der Waals surface area contributed by atoms with E-state index < -0.39 is 12.1 Å². The number of rotatable bonds is 4. The number of halogens is 1. The summed E-state index contributed by atoms with van der Waals surface area (Å²) >= 11 is 0. The van der Waals surface area contributed by atoms with E-state index in [1.807, 2.05) is 0 Å². The van der Waals surface area contributed by atoms with Crippen LogP contribution < -0.4 is 14.8 Å². The molecule has 0 aromatic heterocycles. The molecule has 0 spiro atoms. The molecule has 0 saturated carbocycles. The first kappa shape index (κ1) is 18.4. The molecule has 1 aliphatic rings. The van der Waals surface area contributed by atoms with Gasteiger partial charge in [-0.25, -0.2) is 9.18 Å². The van der Waals surface area contributed by atoms with Crippen LogP contribution >= 0.6 is 0 Å². The highest BCUT2D eigenvalue weighted by atomic mass is 19.1. The van der Waals surface area contributed by atoms with Gasteiger partial charge in [0.1, 0.15) is 5.82 Å². The molecule has 0 radical (unpaired) electrons. The number of amides is 2. The van der Waals surface area contributed by atoms with Crippen molar-refractivity contribution in [3.8, 4) is 11.5 Å². The number of nitrogens with zero attached hydrogens (tertiary/aromatic N) is 1. The van der Waals surface area contributed by atoms with Crippen LogP contribution in [0.5, 0.6) is 11.5 Å². The van der Waals surface area contributed by atoms with Gasteiger partial charge in [-0.3, -0.25) is 9.69 Å². The van der Waals surface area contributed by atoms with Gasteiger partial charge in [0.15, 0.2) is 17.3 Å². The van der Waals surface area contributed by atoms with Crippen LogP contribution in [0.1, 0.15) is 18.0 Å². The van der Waals surface area contributed by atoms with Gasteiger partial charge in [0.05, 0.1) is 20.3 Å². The summed E-state index contributed by atoms with van der Waals surface area (Å²) in [7, 11) is 3.03. The minimum Gasteiger partial charge on any atom is -0.493 e. The van der Waals surface area contributed by atoms with E-state index in [1.165, 1.54) is 43.5 Å². The summed E-state index contributed by atoms with van der Waals surface area (Å²) in [6.45, 7) is 0. The van der Waals surface area contributed by atoms with Crippen LogP contribution in [-0.2, 0) is 4.79 Å². The largest absolute Gasteiger partial charge is 0.493 e. The third kappa shape index (κ3) is 4.08. The molecule has 1 aliphatic heterocycles. The fourth-order valence-electron chi connectivity index (χ4n) is 2.90. The highest BCUT2D eigenvalue weighted by Gasteiger charge is 2.29. The van der Waals surface area contributed by atoms with E-state index in [1.54, 1.807) is 30.3 Å². The molecule has 140 valence electrons. The Balaban J connectivity index is 1.84. The van der Waals surface area contributed by atoms with Crippen molar-refractivity contribution in [2.45, 2.75) is 12.5 Å². The summed E-state index contributed by atoms with van der Waals surface area (Å²) in [5.41, 5.74) is 1.19. The predicted molar refractivity (Wildman–Crippen MR) is 98.3 cm³/mol. The number of allylic oxidation sites excluding steroid dienone is 1. The summed E-state index contributed by atoms with van der Waals surface area (Å²) in [6, 6.07) is 9.84. The van der Waals surface area contributed by atoms with Crippen LogP contribution in [0, 0.1) is 5.82 Å². The molecule has 2 aromatic rings. The summed E-state index contributed by atoms with van der Waals surface area (Å²) < 4.78 is 23.6. The van der Waals surface area contributed by atoms with E-state index in [4.69, 9.17) is 9.47 Å². The Hall–Kier alpha value is -3.35. The lowest BCUT2D eigenvalue weighted by molar-refractivity contribution is -0.116. The highest BCUT2D eigenvalue weighted by Crippen LogP contribution is 2.32. The van der Waals surface area contributed by atoms with Gasteiger partial charge in [-0.1, -0.05) is 12.1 Å². The second kappa shape index (κ2) is 7.90. The first-order valence-electron chi connectivity index (χ1n) is 8.29. The monoisotopic (exact) mass is 370 g/mol. The van der Waals surface area contributed by atoms with Crippen LogP contribution in [0.25, 0.3) is 0 Å². The number of ether oxygens (including phenoxy) is 2. The third-order valence-corrected chi connectivity index (χ3v) is 4.28. The van der Waals surface area contributed by atoms with Crippen LogP contribution in [0.15, 0.2) is 54.7 Å². The second-order valence-corrected chi connectivity index (χ2v) is 5.96. The zero-order valence-electron chi connectivity index (χ0n) is 14.9. The van der Waals surface area contributed by atoms with E-state index in [-0.39, 0.29) is 18.0 Å². The molecule has 2 amide bonds. The number of hydrogen-bond donors (Lipinski definition) is 1. The maximum atomic E-state index is 13.2. The first-order chi connectivity index (χ1) is 13.0. The lowest BCUT2D eigenvalue weighted by Crippen LogP contribution is -2.37. The molecule has 2 aromatic carbocycles. The summed E-state index contributed by atoms with van der Waals surface area (Å²) in [5, 5.41) is 2.78. The Morgan fingerprint density at radius 2 is 1.81 bits per heavy atom. The van der Waals surface area contributed by atoms with E-state index in [0.29, 0.717) is 22.7 Å². The van der Waals surface area contributed by atoms with Crippen molar-refractivity contribution in [2.75, 3.05) is 19.5 Å². The second-order valence-electron chi connectivity index (χ2n) is 5.96.